The van der Waals surface area contributed by atoms with Gasteiger partial charge in [0.15, 0.2) is 0 Å². The Labute approximate surface area is 298 Å². The van der Waals surface area contributed by atoms with E-state index in [9.17, 15) is 28.1 Å². The number of sulfonamides is 1. The molecule has 0 aliphatic heterocycles. The number of rotatable bonds is 16. The number of hydrogen-bond donors (Lipinski definition) is 1. The summed E-state index contributed by atoms with van der Waals surface area (Å²) < 4.78 is 35.3. The average Bonchev–Trinajstić information content (AvgIpc) is 3.09. The molecule has 0 radical (unpaired) electrons. The van der Waals surface area contributed by atoms with E-state index in [1.54, 1.807) is 0 Å². The largest absolute Gasteiger partial charge is 0.495 e. The first-order valence-corrected chi connectivity index (χ1v) is 18.0. The Morgan fingerprint density at radius 3 is 2.30 bits per heavy atom. The molecule has 4 aromatic carbocycles. The molecule has 1 atom stereocenters. The summed E-state index contributed by atoms with van der Waals surface area (Å²) in [6.07, 6.45) is 1.74. The van der Waals surface area contributed by atoms with Gasteiger partial charge in [-0.3, -0.25) is 24.0 Å². The van der Waals surface area contributed by atoms with Gasteiger partial charge in [0.25, 0.3) is 15.7 Å². The van der Waals surface area contributed by atoms with E-state index in [1.807, 2.05) is 68.4 Å². The summed E-state index contributed by atoms with van der Waals surface area (Å²) in [5.74, 6) is -0.980. The predicted octanol–water partition coefficient (Wildman–Crippen LogP) is 6.63. The number of nitrogens with one attached hydrogen (secondary N) is 1. The van der Waals surface area contributed by atoms with Crippen molar-refractivity contribution >= 4 is 44.8 Å². The van der Waals surface area contributed by atoms with E-state index in [0.29, 0.717) is 6.54 Å². The molecule has 4 aromatic rings. The van der Waals surface area contributed by atoms with Crippen molar-refractivity contribution in [3.05, 3.63) is 128 Å². The zero-order valence-corrected chi connectivity index (χ0v) is 30.0. The molecule has 264 valence electrons. The first-order valence-electron chi connectivity index (χ1n) is 16.1. The third-order valence-corrected chi connectivity index (χ3v) is 10.2. The number of methoxy groups -OCH3 is 1. The molecule has 0 heterocycles. The third kappa shape index (κ3) is 9.39. The van der Waals surface area contributed by atoms with E-state index in [4.69, 9.17) is 16.3 Å². The van der Waals surface area contributed by atoms with Crippen molar-refractivity contribution in [3.63, 3.8) is 0 Å². The van der Waals surface area contributed by atoms with Crippen molar-refractivity contribution in [3.8, 4) is 5.75 Å². The quantitative estimate of drug-likeness (QED) is 0.0779. The molecule has 0 spiro atoms. The van der Waals surface area contributed by atoms with Gasteiger partial charge < -0.3 is 15.0 Å². The van der Waals surface area contributed by atoms with Gasteiger partial charge in [0.1, 0.15) is 18.3 Å². The highest BCUT2D eigenvalue weighted by atomic mass is 35.5. The minimum Gasteiger partial charge on any atom is -0.495 e. The van der Waals surface area contributed by atoms with E-state index >= 15 is 0 Å². The van der Waals surface area contributed by atoms with Crippen LogP contribution in [0.5, 0.6) is 5.75 Å². The van der Waals surface area contributed by atoms with Crippen LogP contribution >= 0.6 is 11.6 Å². The maximum Gasteiger partial charge on any atom is 0.273 e. The summed E-state index contributed by atoms with van der Waals surface area (Å²) >= 11 is 6.35. The zero-order valence-electron chi connectivity index (χ0n) is 28.5. The third-order valence-electron chi connectivity index (χ3n) is 8.23. The number of nitro groups is 1. The van der Waals surface area contributed by atoms with Gasteiger partial charge in [-0.2, -0.15) is 0 Å². The molecular weight excluding hydrogens is 680 g/mol. The first-order chi connectivity index (χ1) is 23.8. The number of nitrogens with zero attached hydrogens (tertiary/aromatic N) is 3. The highest BCUT2D eigenvalue weighted by molar-refractivity contribution is 7.92. The van der Waals surface area contributed by atoms with Crippen LogP contribution in [0.3, 0.4) is 0 Å². The molecule has 4 rings (SSSR count). The predicted molar refractivity (Wildman–Crippen MR) is 194 cm³/mol. The van der Waals surface area contributed by atoms with Crippen LogP contribution in [0.4, 0.5) is 11.4 Å². The number of aryl methyl sites for hydroxylation is 2. The molecule has 0 unspecified atom stereocenters. The number of unbranched alkanes of at least 4 members (excludes halogenated alkanes) is 1. The number of nitro benzene ring substituents is 1. The maximum atomic E-state index is 14.7. The fourth-order valence-electron chi connectivity index (χ4n) is 5.40. The van der Waals surface area contributed by atoms with E-state index in [-0.39, 0.29) is 40.9 Å². The first kappa shape index (κ1) is 37.9. The zero-order chi connectivity index (χ0) is 36.4. The van der Waals surface area contributed by atoms with Crippen LogP contribution in [0.1, 0.15) is 42.0 Å². The molecule has 50 heavy (non-hydrogen) atoms. The topological polar surface area (TPSA) is 139 Å². The molecule has 11 nitrogen and oxygen atoms in total. The van der Waals surface area contributed by atoms with Crippen LogP contribution in [-0.4, -0.2) is 56.3 Å². The molecule has 2 amide bonds. The van der Waals surface area contributed by atoms with Crippen molar-refractivity contribution in [1.29, 1.82) is 0 Å². The highest BCUT2D eigenvalue weighted by Gasteiger charge is 2.36. The number of benzene rings is 4. The summed E-state index contributed by atoms with van der Waals surface area (Å²) in [4.78, 5) is 40.7. The lowest BCUT2D eigenvalue weighted by Gasteiger charge is -2.34. The average molecular weight is 721 g/mol. The molecular formula is C37H41ClN4O7S. The van der Waals surface area contributed by atoms with Crippen molar-refractivity contribution in [1.82, 2.24) is 10.2 Å². The van der Waals surface area contributed by atoms with Gasteiger partial charge >= 0.3 is 0 Å². The lowest BCUT2D eigenvalue weighted by molar-refractivity contribution is -0.385. The normalized spacial score (nSPS) is 11.8. The molecule has 0 fully saturated rings. The van der Waals surface area contributed by atoms with E-state index < -0.39 is 44.0 Å². The van der Waals surface area contributed by atoms with Crippen LogP contribution in [0.25, 0.3) is 0 Å². The summed E-state index contributed by atoms with van der Waals surface area (Å²) in [5, 5.41) is 14.9. The number of carbonyl (C=O) groups is 2. The molecule has 0 saturated carbocycles. The smallest absolute Gasteiger partial charge is 0.273 e. The van der Waals surface area contributed by atoms with Gasteiger partial charge in [-0.25, -0.2) is 8.42 Å². The number of amides is 2. The minimum absolute atomic E-state index is 0.00557. The maximum absolute atomic E-state index is 14.7. The summed E-state index contributed by atoms with van der Waals surface area (Å²) in [5.41, 5.74) is 2.34. The number of anilines is 1. The van der Waals surface area contributed by atoms with Crippen LogP contribution in [0.15, 0.2) is 95.9 Å². The van der Waals surface area contributed by atoms with E-state index in [1.165, 1.54) is 49.3 Å². The number of carbonyl (C=O) groups excluding carboxylic acids is 2. The molecule has 0 aliphatic rings. The summed E-state index contributed by atoms with van der Waals surface area (Å²) in [6, 6.07) is 23.6. The van der Waals surface area contributed by atoms with Crippen molar-refractivity contribution in [2.24, 2.45) is 0 Å². The SMILES string of the molecule is CCCCNC(=O)[C@@H](Cc1ccccc1)N(Cc1ccc(C)cc1)C(=O)CN(c1cc(Cl)ccc1OC)S(=O)(=O)c1ccc(C)c([N+](=O)[O-])c1. The van der Waals surface area contributed by atoms with Crippen molar-refractivity contribution in [2.75, 3.05) is 24.5 Å². The standard InChI is InChI=1S/C37H41ClN4O7S/c1-5-6-20-39-37(44)34(21-28-10-8-7-9-11-28)40(24-29-15-12-26(2)13-16-29)36(43)25-41(33-22-30(38)17-19-35(33)49-4)50(47,48)31-18-14-27(3)32(23-31)42(45)46/h7-19,22-23,34H,5-6,20-21,24-25H2,1-4H3,(H,39,44)/t34-/m1/s1. The Morgan fingerprint density at radius 2 is 1.66 bits per heavy atom. The van der Waals surface area contributed by atoms with Gasteiger partial charge in [-0.05, 0) is 55.7 Å². The fourth-order valence-corrected chi connectivity index (χ4v) is 7.00. The van der Waals surface area contributed by atoms with Crippen LogP contribution in [0, 0.1) is 24.0 Å². The second-order valence-electron chi connectivity index (χ2n) is 11.9. The van der Waals surface area contributed by atoms with Gasteiger partial charge in [0.05, 0.1) is 22.6 Å². The molecule has 0 bridgehead atoms. The number of ether oxygens (including phenoxy) is 1. The Kier molecular flexibility index (Phi) is 13.0. The van der Waals surface area contributed by atoms with Gasteiger partial charge in [0, 0.05) is 36.2 Å². The Hall–Kier alpha value is -4.94. The molecule has 0 aliphatic carbocycles. The molecule has 0 aromatic heterocycles. The van der Waals surface area contributed by atoms with Gasteiger partial charge in [0.2, 0.25) is 11.8 Å². The van der Waals surface area contributed by atoms with Gasteiger partial charge in [-0.15, -0.1) is 0 Å². The van der Waals surface area contributed by atoms with Crippen molar-refractivity contribution < 1.29 is 27.7 Å². The Morgan fingerprint density at radius 1 is 0.960 bits per heavy atom. The van der Waals surface area contributed by atoms with Crippen LogP contribution in [0.2, 0.25) is 5.02 Å². The van der Waals surface area contributed by atoms with Crippen molar-refractivity contribution in [2.45, 2.75) is 57.5 Å². The second-order valence-corrected chi connectivity index (χ2v) is 14.2. The molecule has 1 N–H and O–H groups in total. The van der Waals surface area contributed by atoms with Crippen LogP contribution in [-0.2, 0) is 32.6 Å². The number of halogens is 1. The fraction of sp³-hybridized carbons (Fsp3) is 0.297. The lowest BCUT2D eigenvalue weighted by Crippen LogP contribution is -2.53. The van der Waals surface area contributed by atoms with E-state index in [0.717, 1.165) is 39.9 Å². The second kappa shape index (κ2) is 17.1. The highest BCUT2D eigenvalue weighted by Crippen LogP contribution is 2.36. The van der Waals surface area contributed by atoms with E-state index in [2.05, 4.69) is 5.32 Å². The lowest BCUT2D eigenvalue weighted by atomic mass is 10.0. The van der Waals surface area contributed by atoms with Crippen LogP contribution < -0.4 is 14.4 Å². The molecule has 0 saturated heterocycles. The Bertz CT molecular complexity index is 1920. The Balaban J connectivity index is 1.87. The minimum atomic E-state index is -4.66. The van der Waals surface area contributed by atoms with Gasteiger partial charge in [-0.1, -0.05) is 91.2 Å². The summed E-state index contributed by atoms with van der Waals surface area (Å²) in [6.45, 7) is 5.05. The molecule has 13 heteroatoms. The summed E-state index contributed by atoms with van der Waals surface area (Å²) in [7, 11) is -3.32. The monoisotopic (exact) mass is 720 g/mol. The number of hydrogen-bond acceptors (Lipinski definition) is 7.